The topological polar surface area (TPSA) is 89.0 Å². The van der Waals surface area contributed by atoms with Gasteiger partial charge in [0.1, 0.15) is 5.76 Å². The van der Waals surface area contributed by atoms with Crippen LogP contribution < -0.4 is 9.47 Å². The van der Waals surface area contributed by atoms with E-state index in [0.29, 0.717) is 17.1 Å². The summed E-state index contributed by atoms with van der Waals surface area (Å²) >= 11 is 0. The molecule has 0 aliphatic carbocycles. The minimum absolute atomic E-state index is 0.0496. The van der Waals surface area contributed by atoms with Gasteiger partial charge in [-0.1, -0.05) is 29.8 Å². The van der Waals surface area contributed by atoms with Crippen molar-refractivity contribution in [1.82, 2.24) is 9.88 Å². The molecule has 5 rings (SSSR count). The lowest BCUT2D eigenvalue weighted by Gasteiger charge is -2.25. The standard InChI is InChI=1S/C25H20N2O5/c1-15-3-2-4-17(11-15)22-21(23(28)18-5-6-19-20(12-18)32-14-31-19)24(29)25(30)27(22)13-16-7-9-26-10-8-16/h2-12,22,28H,13-14H2,1H3/b23-21-. The fourth-order valence-electron chi connectivity index (χ4n) is 4.11. The molecule has 1 unspecified atom stereocenters. The molecule has 1 amide bonds. The first-order valence-corrected chi connectivity index (χ1v) is 10.2. The molecule has 1 saturated heterocycles. The predicted molar refractivity (Wildman–Crippen MR) is 116 cm³/mol. The average Bonchev–Trinajstić information content (AvgIpc) is 3.37. The summed E-state index contributed by atoms with van der Waals surface area (Å²) in [4.78, 5) is 31.7. The highest BCUT2D eigenvalue weighted by atomic mass is 16.7. The molecule has 2 aliphatic heterocycles. The molecular formula is C25H20N2O5. The number of aromatic nitrogens is 1. The van der Waals surface area contributed by atoms with Gasteiger partial charge in [0.05, 0.1) is 11.6 Å². The number of fused-ring (bicyclic) bond motifs is 1. The molecule has 0 radical (unpaired) electrons. The van der Waals surface area contributed by atoms with Gasteiger partial charge >= 0.3 is 0 Å². The summed E-state index contributed by atoms with van der Waals surface area (Å²) in [5.74, 6) is -0.580. The minimum atomic E-state index is -0.728. The van der Waals surface area contributed by atoms with Crippen LogP contribution in [0.4, 0.5) is 0 Å². The number of carbonyl (C=O) groups is 2. The number of hydrogen-bond acceptors (Lipinski definition) is 6. The van der Waals surface area contributed by atoms with E-state index in [9.17, 15) is 14.7 Å². The van der Waals surface area contributed by atoms with Crippen LogP contribution in [-0.2, 0) is 16.1 Å². The van der Waals surface area contributed by atoms with E-state index < -0.39 is 17.7 Å². The number of aliphatic hydroxyl groups excluding tert-OH is 1. The Labute approximate surface area is 184 Å². The molecule has 3 aromatic rings. The van der Waals surface area contributed by atoms with Gasteiger partial charge in [0.2, 0.25) is 6.79 Å². The summed E-state index contributed by atoms with van der Waals surface area (Å²) in [6.45, 7) is 2.25. The van der Waals surface area contributed by atoms with Crippen LogP contribution in [0.5, 0.6) is 11.5 Å². The molecule has 160 valence electrons. The lowest BCUT2D eigenvalue weighted by atomic mass is 9.94. The summed E-state index contributed by atoms with van der Waals surface area (Å²) in [7, 11) is 0. The number of aryl methyl sites for hydroxylation is 1. The number of aliphatic hydroxyl groups is 1. The first-order valence-electron chi connectivity index (χ1n) is 10.2. The second-order valence-electron chi connectivity index (χ2n) is 7.76. The smallest absolute Gasteiger partial charge is 0.295 e. The molecule has 1 atom stereocenters. The second-order valence-corrected chi connectivity index (χ2v) is 7.76. The fraction of sp³-hybridized carbons (Fsp3) is 0.160. The predicted octanol–water partition coefficient (Wildman–Crippen LogP) is 3.74. The molecular weight excluding hydrogens is 408 g/mol. The third-order valence-electron chi connectivity index (χ3n) is 5.65. The zero-order valence-corrected chi connectivity index (χ0v) is 17.3. The molecule has 0 saturated carbocycles. The van der Waals surface area contributed by atoms with Crippen LogP contribution in [0.1, 0.15) is 28.3 Å². The minimum Gasteiger partial charge on any atom is -0.507 e. The van der Waals surface area contributed by atoms with Crippen LogP contribution in [0.15, 0.2) is 72.6 Å². The van der Waals surface area contributed by atoms with Crippen LogP contribution >= 0.6 is 0 Å². The number of hydrogen-bond donors (Lipinski definition) is 1. The van der Waals surface area contributed by atoms with Gasteiger partial charge in [-0.05, 0) is 48.4 Å². The highest BCUT2D eigenvalue weighted by molar-refractivity contribution is 6.46. The average molecular weight is 428 g/mol. The maximum absolute atomic E-state index is 13.1. The quantitative estimate of drug-likeness (QED) is 0.387. The van der Waals surface area contributed by atoms with Crippen molar-refractivity contribution in [2.45, 2.75) is 19.5 Å². The Bertz CT molecular complexity index is 1250. The van der Waals surface area contributed by atoms with Crippen molar-refractivity contribution in [1.29, 1.82) is 0 Å². The largest absolute Gasteiger partial charge is 0.507 e. The molecule has 2 aliphatic rings. The van der Waals surface area contributed by atoms with E-state index in [2.05, 4.69) is 4.98 Å². The van der Waals surface area contributed by atoms with Gasteiger partial charge in [0.15, 0.2) is 11.5 Å². The number of ketones is 1. The van der Waals surface area contributed by atoms with E-state index in [1.54, 1.807) is 42.7 Å². The Morgan fingerprint density at radius 2 is 1.84 bits per heavy atom. The first-order chi connectivity index (χ1) is 15.5. The maximum atomic E-state index is 13.1. The Kier molecular flexibility index (Phi) is 4.86. The third-order valence-corrected chi connectivity index (χ3v) is 5.65. The van der Waals surface area contributed by atoms with E-state index in [-0.39, 0.29) is 24.7 Å². The van der Waals surface area contributed by atoms with Gasteiger partial charge in [0, 0.05) is 24.5 Å². The number of Topliss-reactive ketones (excluding diaryl/α,β-unsaturated/α-hetero) is 1. The summed E-state index contributed by atoms with van der Waals surface area (Å²) in [6, 6.07) is 15.4. The normalized spacial score (nSPS) is 18.9. The lowest BCUT2D eigenvalue weighted by molar-refractivity contribution is -0.140. The highest BCUT2D eigenvalue weighted by Crippen LogP contribution is 2.42. The zero-order chi connectivity index (χ0) is 22.2. The Balaban J connectivity index is 1.65. The molecule has 1 N–H and O–H groups in total. The molecule has 7 heteroatoms. The van der Waals surface area contributed by atoms with Crippen molar-refractivity contribution >= 4 is 17.4 Å². The monoisotopic (exact) mass is 428 g/mol. The number of rotatable bonds is 4. The van der Waals surface area contributed by atoms with Crippen molar-refractivity contribution in [3.8, 4) is 11.5 Å². The number of carbonyl (C=O) groups excluding carboxylic acids is 2. The van der Waals surface area contributed by atoms with Crippen LogP contribution in [0.25, 0.3) is 5.76 Å². The van der Waals surface area contributed by atoms with Gasteiger partial charge in [0.25, 0.3) is 11.7 Å². The molecule has 32 heavy (non-hydrogen) atoms. The van der Waals surface area contributed by atoms with E-state index in [1.165, 1.54) is 4.90 Å². The third kappa shape index (κ3) is 3.37. The summed E-state index contributed by atoms with van der Waals surface area (Å²) < 4.78 is 10.7. The van der Waals surface area contributed by atoms with Crippen molar-refractivity contribution in [3.05, 3.63) is 94.8 Å². The summed E-state index contributed by atoms with van der Waals surface area (Å²) in [6.07, 6.45) is 3.28. The van der Waals surface area contributed by atoms with Gasteiger partial charge in [-0.25, -0.2) is 0 Å². The molecule has 0 spiro atoms. The first kappa shape index (κ1) is 19.8. The number of pyridine rings is 1. The molecule has 1 aromatic heterocycles. The van der Waals surface area contributed by atoms with Crippen molar-refractivity contribution in [3.63, 3.8) is 0 Å². The van der Waals surface area contributed by atoms with Gasteiger partial charge in [-0.3, -0.25) is 14.6 Å². The highest BCUT2D eigenvalue weighted by Gasteiger charge is 2.46. The lowest BCUT2D eigenvalue weighted by Crippen LogP contribution is -2.29. The van der Waals surface area contributed by atoms with Crippen LogP contribution in [0.2, 0.25) is 0 Å². The van der Waals surface area contributed by atoms with Gasteiger partial charge in [-0.15, -0.1) is 0 Å². The maximum Gasteiger partial charge on any atom is 0.295 e. The summed E-state index contributed by atoms with van der Waals surface area (Å²) in [5.41, 5.74) is 3.01. The number of benzene rings is 2. The van der Waals surface area contributed by atoms with Crippen LogP contribution in [0, 0.1) is 6.92 Å². The number of likely N-dealkylation sites (tertiary alicyclic amines) is 1. The van der Waals surface area contributed by atoms with E-state index >= 15 is 0 Å². The molecule has 7 nitrogen and oxygen atoms in total. The van der Waals surface area contributed by atoms with E-state index in [0.717, 1.165) is 16.7 Å². The molecule has 3 heterocycles. The molecule has 2 aromatic carbocycles. The Morgan fingerprint density at radius 3 is 2.62 bits per heavy atom. The molecule has 0 bridgehead atoms. The molecule has 1 fully saturated rings. The van der Waals surface area contributed by atoms with E-state index in [4.69, 9.17) is 9.47 Å². The van der Waals surface area contributed by atoms with Crippen LogP contribution in [0.3, 0.4) is 0 Å². The number of amides is 1. The van der Waals surface area contributed by atoms with E-state index in [1.807, 2.05) is 31.2 Å². The van der Waals surface area contributed by atoms with Gasteiger partial charge in [-0.2, -0.15) is 0 Å². The van der Waals surface area contributed by atoms with Gasteiger partial charge < -0.3 is 19.5 Å². The zero-order valence-electron chi connectivity index (χ0n) is 17.3. The van der Waals surface area contributed by atoms with Crippen LogP contribution in [-0.4, -0.2) is 33.5 Å². The second kappa shape index (κ2) is 7.85. The number of ether oxygens (including phenoxy) is 2. The van der Waals surface area contributed by atoms with Crippen molar-refractivity contribution in [2.24, 2.45) is 0 Å². The Hall–Kier alpha value is -4.13. The summed E-state index contributed by atoms with van der Waals surface area (Å²) in [5, 5.41) is 11.2. The number of nitrogens with zero attached hydrogens (tertiary/aromatic N) is 2. The van der Waals surface area contributed by atoms with Crippen molar-refractivity contribution in [2.75, 3.05) is 6.79 Å². The SMILES string of the molecule is Cc1cccc(C2/C(=C(/O)c3ccc4c(c3)OCO4)C(=O)C(=O)N2Cc2ccncc2)c1. The fourth-order valence-corrected chi connectivity index (χ4v) is 4.11. The van der Waals surface area contributed by atoms with Crippen molar-refractivity contribution < 1.29 is 24.2 Å². The Morgan fingerprint density at radius 1 is 1.06 bits per heavy atom.